The van der Waals surface area contributed by atoms with Gasteiger partial charge in [0.25, 0.3) is 5.91 Å². The first kappa shape index (κ1) is 19.4. The molecule has 0 bridgehead atoms. The summed E-state index contributed by atoms with van der Waals surface area (Å²) in [6, 6.07) is 12.6. The highest BCUT2D eigenvalue weighted by molar-refractivity contribution is 6.00. The van der Waals surface area contributed by atoms with E-state index in [1.165, 1.54) is 4.90 Å². The monoisotopic (exact) mass is 381 g/mol. The van der Waals surface area contributed by atoms with Gasteiger partial charge in [0.2, 0.25) is 11.8 Å². The molecular formula is C21H23N3O4. The molecule has 7 heteroatoms. The molecule has 2 aromatic carbocycles. The Labute approximate surface area is 163 Å². The summed E-state index contributed by atoms with van der Waals surface area (Å²) in [5.74, 6) is -0.807. The topological polar surface area (TPSA) is 102 Å². The molecule has 0 aliphatic carbocycles. The van der Waals surface area contributed by atoms with Crippen molar-refractivity contribution in [3.05, 3.63) is 53.6 Å². The van der Waals surface area contributed by atoms with E-state index in [9.17, 15) is 14.4 Å². The first-order valence-corrected chi connectivity index (χ1v) is 9.02. The van der Waals surface area contributed by atoms with Gasteiger partial charge in [-0.1, -0.05) is 6.07 Å². The lowest BCUT2D eigenvalue weighted by Crippen LogP contribution is -2.28. The fraction of sp³-hybridized carbons (Fsp3) is 0.286. The predicted molar refractivity (Wildman–Crippen MR) is 106 cm³/mol. The van der Waals surface area contributed by atoms with Crippen molar-refractivity contribution in [2.24, 2.45) is 11.7 Å². The van der Waals surface area contributed by atoms with Crippen LogP contribution in [0.15, 0.2) is 42.5 Å². The van der Waals surface area contributed by atoms with Crippen LogP contribution in [0.4, 0.5) is 11.4 Å². The molecule has 3 rings (SSSR count). The van der Waals surface area contributed by atoms with Crippen molar-refractivity contribution in [3.8, 4) is 5.75 Å². The van der Waals surface area contributed by atoms with Crippen LogP contribution in [0, 0.1) is 19.8 Å². The van der Waals surface area contributed by atoms with E-state index in [0.29, 0.717) is 11.4 Å². The van der Waals surface area contributed by atoms with Crippen molar-refractivity contribution in [3.63, 3.8) is 0 Å². The van der Waals surface area contributed by atoms with E-state index in [1.54, 1.807) is 24.3 Å². The van der Waals surface area contributed by atoms with Crippen LogP contribution in [0.5, 0.6) is 5.75 Å². The van der Waals surface area contributed by atoms with Crippen LogP contribution in [0.1, 0.15) is 17.5 Å². The number of nitrogens with two attached hydrogens (primary N) is 1. The van der Waals surface area contributed by atoms with E-state index >= 15 is 0 Å². The number of nitrogens with zero attached hydrogens (tertiary/aromatic N) is 1. The van der Waals surface area contributed by atoms with E-state index in [-0.39, 0.29) is 31.4 Å². The first-order chi connectivity index (χ1) is 13.3. The van der Waals surface area contributed by atoms with E-state index in [1.807, 2.05) is 32.0 Å². The number of anilines is 2. The molecule has 1 aliphatic heterocycles. The van der Waals surface area contributed by atoms with Crippen LogP contribution in [-0.4, -0.2) is 30.9 Å². The van der Waals surface area contributed by atoms with E-state index in [4.69, 9.17) is 10.5 Å². The van der Waals surface area contributed by atoms with Crippen molar-refractivity contribution in [2.75, 3.05) is 23.4 Å². The number of primary amides is 1. The Bertz CT molecular complexity index is 888. The summed E-state index contributed by atoms with van der Waals surface area (Å²) in [5, 5.41) is 2.81. The Balaban J connectivity index is 1.55. The molecule has 2 aromatic rings. The molecule has 1 saturated heterocycles. The average Bonchev–Trinajstić information content (AvgIpc) is 3.02. The Kier molecular flexibility index (Phi) is 5.63. The molecule has 1 heterocycles. The number of hydrogen-bond donors (Lipinski definition) is 2. The van der Waals surface area contributed by atoms with Crippen LogP contribution < -0.4 is 20.7 Å². The summed E-state index contributed by atoms with van der Waals surface area (Å²) < 4.78 is 5.51. The lowest BCUT2D eigenvalue weighted by molar-refractivity contribution is -0.123. The smallest absolute Gasteiger partial charge is 0.262 e. The molecule has 3 amide bonds. The van der Waals surface area contributed by atoms with Gasteiger partial charge in [0.05, 0.1) is 5.92 Å². The molecule has 0 radical (unpaired) electrons. The van der Waals surface area contributed by atoms with Gasteiger partial charge in [-0.25, -0.2) is 0 Å². The van der Waals surface area contributed by atoms with E-state index < -0.39 is 11.8 Å². The van der Waals surface area contributed by atoms with Gasteiger partial charge < -0.3 is 20.7 Å². The van der Waals surface area contributed by atoms with Gasteiger partial charge in [-0.3, -0.25) is 14.4 Å². The Hall–Kier alpha value is -3.35. The number of nitrogens with one attached hydrogen (secondary N) is 1. The zero-order valence-electron chi connectivity index (χ0n) is 15.9. The number of rotatable bonds is 6. The van der Waals surface area contributed by atoms with Crippen LogP contribution in [0.2, 0.25) is 0 Å². The van der Waals surface area contributed by atoms with Crippen molar-refractivity contribution in [1.82, 2.24) is 0 Å². The highest BCUT2D eigenvalue weighted by atomic mass is 16.5. The minimum absolute atomic E-state index is 0.126. The van der Waals surface area contributed by atoms with Gasteiger partial charge in [-0.05, 0) is 61.4 Å². The van der Waals surface area contributed by atoms with Crippen LogP contribution in [0.3, 0.4) is 0 Å². The zero-order chi connectivity index (χ0) is 20.3. The number of aryl methyl sites for hydroxylation is 2. The Morgan fingerprint density at radius 1 is 1.14 bits per heavy atom. The molecule has 7 nitrogen and oxygen atoms in total. The molecule has 1 aliphatic rings. The molecular weight excluding hydrogens is 358 g/mol. The first-order valence-electron chi connectivity index (χ1n) is 9.02. The van der Waals surface area contributed by atoms with Crippen molar-refractivity contribution in [1.29, 1.82) is 0 Å². The highest BCUT2D eigenvalue weighted by Gasteiger charge is 2.33. The lowest BCUT2D eigenvalue weighted by atomic mass is 10.1. The standard InChI is InChI=1S/C21H23N3O4/c1-13-7-14(2)9-16(8-13)23-19(25)12-28-18-5-3-17(4-6-18)24-11-15(21(22)27)10-20(24)26/h3-9,15H,10-12H2,1-2H3,(H2,22,27)(H,23,25)/t15-/m1/s1. The van der Waals surface area contributed by atoms with Crippen LogP contribution in [-0.2, 0) is 14.4 Å². The molecule has 0 spiro atoms. The summed E-state index contributed by atoms with van der Waals surface area (Å²) in [6.07, 6.45) is 0.131. The van der Waals surface area contributed by atoms with E-state index in [2.05, 4.69) is 5.32 Å². The number of carbonyl (C=O) groups excluding carboxylic acids is 3. The SMILES string of the molecule is Cc1cc(C)cc(NC(=O)COc2ccc(N3C[C@H](C(N)=O)CC3=O)cc2)c1. The van der Waals surface area contributed by atoms with Crippen LogP contribution in [0.25, 0.3) is 0 Å². The van der Waals surface area contributed by atoms with Gasteiger partial charge in [0.15, 0.2) is 6.61 Å². The lowest BCUT2D eigenvalue weighted by Gasteiger charge is -2.16. The summed E-state index contributed by atoms with van der Waals surface area (Å²) >= 11 is 0. The van der Waals surface area contributed by atoms with Crippen molar-refractivity contribution < 1.29 is 19.1 Å². The normalized spacial score (nSPS) is 16.1. The van der Waals surface area contributed by atoms with Gasteiger partial charge >= 0.3 is 0 Å². The van der Waals surface area contributed by atoms with Gasteiger partial charge in [-0.15, -0.1) is 0 Å². The molecule has 0 unspecified atom stereocenters. The molecule has 0 aromatic heterocycles. The second-order valence-electron chi connectivity index (χ2n) is 7.01. The minimum atomic E-state index is -0.467. The predicted octanol–water partition coefficient (Wildman–Crippen LogP) is 2.16. The number of ether oxygens (including phenoxy) is 1. The molecule has 1 fully saturated rings. The number of amides is 3. The molecule has 146 valence electrons. The summed E-state index contributed by atoms with van der Waals surface area (Å²) in [5.41, 5.74) is 8.83. The third-order valence-electron chi connectivity index (χ3n) is 4.55. The Morgan fingerprint density at radius 2 is 1.79 bits per heavy atom. The molecule has 1 atom stereocenters. The average molecular weight is 381 g/mol. The number of benzene rings is 2. The van der Waals surface area contributed by atoms with Gasteiger partial charge in [-0.2, -0.15) is 0 Å². The zero-order valence-corrected chi connectivity index (χ0v) is 15.9. The number of carbonyl (C=O) groups is 3. The van der Waals surface area contributed by atoms with Crippen LogP contribution >= 0.6 is 0 Å². The van der Waals surface area contributed by atoms with Gasteiger partial charge in [0, 0.05) is 24.3 Å². The third-order valence-corrected chi connectivity index (χ3v) is 4.55. The van der Waals surface area contributed by atoms with Crippen molar-refractivity contribution in [2.45, 2.75) is 20.3 Å². The largest absolute Gasteiger partial charge is 0.484 e. The second-order valence-corrected chi connectivity index (χ2v) is 7.01. The second kappa shape index (κ2) is 8.12. The summed E-state index contributed by atoms with van der Waals surface area (Å²) in [6.45, 7) is 4.10. The fourth-order valence-corrected chi connectivity index (χ4v) is 3.26. The molecule has 28 heavy (non-hydrogen) atoms. The minimum Gasteiger partial charge on any atom is -0.484 e. The molecule has 3 N–H and O–H groups in total. The van der Waals surface area contributed by atoms with Crippen molar-refractivity contribution >= 4 is 29.1 Å². The maximum absolute atomic E-state index is 12.1. The quantitative estimate of drug-likeness (QED) is 0.800. The summed E-state index contributed by atoms with van der Waals surface area (Å²) in [4.78, 5) is 37.0. The maximum atomic E-state index is 12.1. The van der Waals surface area contributed by atoms with E-state index in [0.717, 1.165) is 16.8 Å². The summed E-state index contributed by atoms with van der Waals surface area (Å²) in [7, 11) is 0. The third kappa shape index (κ3) is 4.68. The molecule has 0 saturated carbocycles. The number of hydrogen-bond acceptors (Lipinski definition) is 4. The van der Waals surface area contributed by atoms with Gasteiger partial charge in [0.1, 0.15) is 5.75 Å². The fourth-order valence-electron chi connectivity index (χ4n) is 3.26. The maximum Gasteiger partial charge on any atom is 0.262 e. The Morgan fingerprint density at radius 3 is 2.36 bits per heavy atom. The highest BCUT2D eigenvalue weighted by Crippen LogP contribution is 2.26.